The number of benzene rings is 2. The molecule has 35 heavy (non-hydrogen) atoms. The van der Waals surface area contributed by atoms with Gasteiger partial charge in [-0.15, -0.1) is 0 Å². The quantitative estimate of drug-likeness (QED) is 0.401. The average Bonchev–Trinajstić information content (AvgIpc) is 3.27. The van der Waals surface area contributed by atoms with Gasteiger partial charge in [0, 0.05) is 61.6 Å². The second kappa shape index (κ2) is 9.89. The number of nitrogens with two attached hydrogens (primary N) is 1. The molecule has 0 spiro atoms. The minimum Gasteiger partial charge on any atom is -0.482 e. The molecule has 180 valence electrons. The molecule has 4 rings (SSSR count). The van der Waals surface area contributed by atoms with Gasteiger partial charge in [0.2, 0.25) is 0 Å². The number of ether oxygens (including phenoxy) is 1. The molecule has 2 aromatic carbocycles. The van der Waals surface area contributed by atoms with E-state index in [9.17, 15) is 4.79 Å². The molecule has 0 aliphatic rings. The number of nitrogens with zero attached hydrogens (tertiary/aromatic N) is 4. The van der Waals surface area contributed by atoms with Crippen molar-refractivity contribution in [2.75, 3.05) is 30.0 Å². The van der Waals surface area contributed by atoms with Crippen molar-refractivity contribution in [3.8, 4) is 16.9 Å². The third-order valence-corrected chi connectivity index (χ3v) is 5.79. The molecule has 0 bridgehead atoms. The van der Waals surface area contributed by atoms with Crippen LogP contribution in [0.1, 0.15) is 34.5 Å². The lowest BCUT2D eigenvalue weighted by Crippen LogP contribution is -2.15. The first kappa shape index (κ1) is 23.8. The molecule has 8 nitrogen and oxygen atoms in total. The van der Waals surface area contributed by atoms with E-state index in [1.807, 2.05) is 94.6 Å². The zero-order valence-corrected chi connectivity index (χ0v) is 20.6. The molecule has 0 aliphatic carbocycles. The molecule has 0 aliphatic heterocycles. The highest BCUT2D eigenvalue weighted by molar-refractivity contribution is 6.05. The minimum atomic E-state index is -0.320. The standard InChI is InChI=1S/C27H30N6O2/c1-17-9-10-20(12-24(17)32(3)4)27(34)31-23-8-6-7-19(11-23)18(2)35-25-13-21(14-29-26(25)28)22-15-30-33(5)16-22/h6-16,18H,1-5H3,(H2,28,29)(H,31,34)/t18-/m1/s1. The largest absolute Gasteiger partial charge is 0.482 e. The predicted octanol–water partition coefficient (Wildman–Crippen LogP) is 4.83. The fourth-order valence-electron chi connectivity index (χ4n) is 3.84. The van der Waals surface area contributed by atoms with E-state index in [-0.39, 0.29) is 12.0 Å². The smallest absolute Gasteiger partial charge is 0.255 e. The van der Waals surface area contributed by atoms with E-state index in [2.05, 4.69) is 15.4 Å². The van der Waals surface area contributed by atoms with Crippen molar-refractivity contribution in [2.45, 2.75) is 20.0 Å². The zero-order chi connectivity index (χ0) is 25.1. The molecule has 2 heterocycles. The number of aromatic nitrogens is 3. The summed E-state index contributed by atoms with van der Waals surface area (Å²) in [6.45, 7) is 3.96. The topological polar surface area (TPSA) is 98.3 Å². The monoisotopic (exact) mass is 470 g/mol. The van der Waals surface area contributed by atoms with E-state index in [1.165, 1.54) is 0 Å². The number of nitrogen functional groups attached to an aromatic ring is 1. The van der Waals surface area contributed by atoms with E-state index in [4.69, 9.17) is 10.5 Å². The summed E-state index contributed by atoms with van der Waals surface area (Å²) in [5.74, 6) is 0.630. The summed E-state index contributed by atoms with van der Waals surface area (Å²) in [5.41, 5.74) is 12.2. The highest BCUT2D eigenvalue weighted by atomic mass is 16.5. The highest BCUT2D eigenvalue weighted by Gasteiger charge is 2.15. The Kier molecular flexibility index (Phi) is 6.73. The van der Waals surface area contributed by atoms with E-state index >= 15 is 0 Å². The van der Waals surface area contributed by atoms with Crippen LogP contribution in [-0.4, -0.2) is 34.8 Å². The summed E-state index contributed by atoms with van der Waals surface area (Å²) in [7, 11) is 5.78. The van der Waals surface area contributed by atoms with Crippen LogP contribution in [0.3, 0.4) is 0 Å². The second-order valence-electron chi connectivity index (χ2n) is 8.75. The zero-order valence-electron chi connectivity index (χ0n) is 20.6. The van der Waals surface area contributed by atoms with Crippen molar-refractivity contribution in [3.05, 3.63) is 83.8 Å². The highest BCUT2D eigenvalue weighted by Crippen LogP contribution is 2.31. The molecule has 1 atom stereocenters. The van der Waals surface area contributed by atoms with Crippen molar-refractivity contribution >= 4 is 23.1 Å². The number of pyridine rings is 1. The van der Waals surface area contributed by atoms with Gasteiger partial charge in [0.25, 0.3) is 5.91 Å². The predicted molar refractivity (Wildman–Crippen MR) is 140 cm³/mol. The first-order valence-electron chi connectivity index (χ1n) is 11.3. The van der Waals surface area contributed by atoms with Crippen LogP contribution in [0.25, 0.3) is 11.1 Å². The van der Waals surface area contributed by atoms with E-state index in [0.29, 0.717) is 22.8 Å². The number of carbonyl (C=O) groups is 1. The lowest BCUT2D eigenvalue weighted by molar-refractivity contribution is 0.102. The molecule has 2 aromatic heterocycles. The van der Waals surface area contributed by atoms with Gasteiger partial charge in [-0.25, -0.2) is 4.98 Å². The van der Waals surface area contributed by atoms with Crippen LogP contribution in [0, 0.1) is 6.92 Å². The number of anilines is 3. The fraction of sp³-hybridized carbons (Fsp3) is 0.222. The molecule has 1 amide bonds. The first-order chi connectivity index (χ1) is 16.7. The number of carbonyl (C=O) groups excluding carboxylic acids is 1. The molecule has 0 unspecified atom stereocenters. The van der Waals surface area contributed by atoms with Crippen molar-refractivity contribution in [2.24, 2.45) is 7.05 Å². The Morgan fingerprint density at radius 3 is 2.63 bits per heavy atom. The van der Waals surface area contributed by atoms with Gasteiger partial charge in [-0.3, -0.25) is 9.48 Å². The minimum absolute atomic E-state index is 0.170. The molecule has 0 radical (unpaired) electrons. The Hall–Kier alpha value is -4.33. The molecule has 4 aromatic rings. The molecule has 0 fully saturated rings. The van der Waals surface area contributed by atoms with Gasteiger partial charge in [-0.1, -0.05) is 18.2 Å². The van der Waals surface area contributed by atoms with Crippen LogP contribution in [-0.2, 0) is 7.05 Å². The summed E-state index contributed by atoms with van der Waals surface area (Å²) in [4.78, 5) is 19.2. The normalized spacial score (nSPS) is 11.7. The third-order valence-electron chi connectivity index (χ3n) is 5.79. The van der Waals surface area contributed by atoms with Gasteiger partial charge in [-0.2, -0.15) is 5.10 Å². The van der Waals surface area contributed by atoms with Crippen molar-refractivity contribution < 1.29 is 9.53 Å². The van der Waals surface area contributed by atoms with Crippen LogP contribution in [0.5, 0.6) is 5.75 Å². The van der Waals surface area contributed by atoms with Crippen LogP contribution >= 0.6 is 0 Å². The molecular weight excluding hydrogens is 440 g/mol. The Balaban J connectivity index is 1.50. The Bertz CT molecular complexity index is 1360. The van der Waals surface area contributed by atoms with E-state index in [1.54, 1.807) is 17.1 Å². The summed E-state index contributed by atoms with van der Waals surface area (Å²) in [5, 5.41) is 7.19. The number of amides is 1. The Labute approximate surface area is 205 Å². The van der Waals surface area contributed by atoms with Gasteiger partial charge in [0.05, 0.1) is 6.20 Å². The molecule has 8 heteroatoms. The lowest BCUT2D eigenvalue weighted by Gasteiger charge is -2.18. The average molecular weight is 471 g/mol. The first-order valence-corrected chi connectivity index (χ1v) is 11.3. The maximum Gasteiger partial charge on any atom is 0.255 e. The fourth-order valence-corrected chi connectivity index (χ4v) is 3.84. The molecular formula is C27H30N6O2. The van der Waals surface area contributed by atoms with Crippen molar-refractivity contribution in [1.82, 2.24) is 14.8 Å². The Morgan fingerprint density at radius 2 is 1.91 bits per heavy atom. The maximum absolute atomic E-state index is 12.9. The van der Waals surface area contributed by atoms with Crippen LogP contribution in [0.4, 0.5) is 17.2 Å². The molecule has 0 saturated heterocycles. The van der Waals surface area contributed by atoms with Crippen LogP contribution < -0.4 is 20.7 Å². The summed E-state index contributed by atoms with van der Waals surface area (Å²) in [6.07, 6.45) is 5.05. The van der Waals surface area contributed by atoms with Gasteiger partial charge in [-0.05, 0) is 55.3 Å². The van der Waals surface area contributed by atoms with E-state index < -0.39 is 0 Å². The number of hydrogen-bond acceptors (Lipinski definition) is 6. The maximum atomic E-state index is 12.9. The van der Waals surface area contributed by atoms with Crippen LogP contribution in [0.2, 0.25) is 0 Å². The van der Waals surface area contributed by atoms with Gasteiger partial charge in [0.1, 0.15) is 6.10 Å². The summed E-state index contributed by atoms with van der Waals surface area (Å²) in [6, 6.07) is 15.1. The third kappa shape index (κ3) is 5.43. The van der Waals surface area contributed by atoms with Gasteiger partial charge < -0.3 is 20.7 Å². The van der Waals surface area contributed by atoms with Crippen molar-refractivity contribution in [1.29, 1.82) is 0 Å². The number of hydrogen-bond donors (Lipinski definition) is 2. The SMILES string of the molecule is Cc1ccc(C(=O)Nc2cccc([C@@H](C)Oc3cc(-c4cnn(C)c4)cnc3N)c2)cc1N(C)C. The molecule has 0 saturated carbocycles. The number of aryl methyl sites for hydroxylation is 2. The Morgan fingerprint density at radius 1 is 1.11 bits per heavy atom. The summed E-state index contributed by atoms with van der Waals surface area (Å²) >= 11 is 0. The van der Waals surface area contributed by atoms with Crippen LogP contribution in [0.15, 0.2) is 67.1 Å². The van der Waals surface area contributed by atoms with Crippen molar-refractivity contribution in [3.63, 3.8) is 0 Å². The molecule has 3 N–H and O–H groups in total. The summed E-state index contributed by atoms with van der Waals surface area (Å²) < 4.78 is 7.90. The number of nitrogens with one attached hydrogen (secondary N) is 1. The number of rotatable bonds is 7. The second-order valence-corrected chi connectivity index (χ2v) is 8.75. The van der Waals surface area contributed by atoms with Gasteiger partial charge >= 0.3 is 0 Å². The lowest BCUT2D eigenvalue weighted by atomic mass is 10.1. The van der Waals surface area contributed by atoms with Gasteiger partial charge in [0.15, 0.2) is 11.6 Å². The van der Waals surface area contributed by atoms with E-state index in [0.717, 1.165) is 27.9 Å².